The van der Waals surface area contributed by atoms with E-state index in [1.807, 2.05) is 31.2 Å². The largest absolute Gasteiger partial charge is 0.483 e. The molecule has 3 N–H and O–H groups in total. The first kappa shape index (κ1) is 22.8. The predicted octanol–water partition coefficient (Wildman–Crippen LogP) is 3.77. The lowest BCUT2D eigenvalue weighted by atomic mass is 9.87. The summed E-state index contributed by atoms with van der Waals surface area (Å²) in [5, 5.41) is 2.50. The van der Waals surface area contributed by atoms with Crippen LogP contribution in [0, 0.1) is 6.92 Å². The molecule has 2 rings (SSSR count). The quantitative estimate of drug-likeness (QED) is 0.461. The van der Waals surface area contributed by atoms with Crippen molar-refractivity contribution in [1.29, 1.82) is 0 Å². The summed E-state index contributed by atoms with van der Waals surface area (Å²) in [5.41, 5.74) is 7.55. The third-order valence-electron chi connectivity index (χ3n) is 4.00. The zero-order valence-electron chi connectivity index (χ0n) is 16.8. The number of carbonyl (C=O) groups is 2. The number of carbonyl (C=O) groups excluding carboxylic acids is 2. The highest BCUT2D eigenvalue weighted by Crippen LogP contribution is 2.25. The van der Waals surface area contributed by atoms with Gasteiger partial charge in [0.2, 0.25) is 0 Å². The van der Waals surface area contributed by atoms with Crippen molar-refractivity contribution in [2.45, 2.75) is 33.1 Å². The Morgan fingerprint density at radius 3 is 2.31 bits per heavy atom. The number of thiocarbonyl (C=S) groups is 1. The molecule has 2 aromatic rings. The van der Waals surface area contributed by atoms with Crippen LogP contribution in [-0.4, -0.2) is 23.5 Å². The van der Waals surface area contributed by atoms with E-state index in [1.165, 1.54) is 0 Å². The summed E-state index contributed by atoms with van der Waals surface area (Å²) >= 11 is 8.42. The Morgan fingerprint density at radius 2 is 1.72 bits per heavy atom. The van der Waals surface area contributed by atoms with Crippen molar-refractivity contribution >= 4 is 45.1 Å². The van der Waals surface area contributed by atoms with E-state index >= 15 is 0 Å². The molecule has 2 aromatic carbocycles. The van der Waals surface area contributed by atoms with Gasteiger partial charge in [-0.05, 0) is 75.9 Å². The molecule has 0 unspecified atom stereocenters. The van der Waals surface area contributed by atoms with Crippen LogP contribution >= 0.6 is 28.1 Å². The minimum atomic E-state index is -0.441. The molecule has 0 atom stereocenters. The zero-order chi connectivity index (χ0) is 21.6. The van der Waals surface area contributed by atoms with Gasteiger partial charge < -0.3 is 4.74 Å². The number of ether oxygens (including phenoxy) is 1. The molecule has 0 spiro atoms. The number of benzene rings is 2. The molecular formula is C21H24BrN3O3S. The Morgan fingerprint density at radius 1 is 1.07 bits per heavy atom. The van der Waals surface area contributed by atoms with Crippen LogP contribution in [0.2, 0.25) is 0 Å². The van der Waals surface area contributed by atoms with Crippen LogP contribution in [0.4, 0.5) is 0 Å². The molecule has 0 fully saturated rings. The van der Waals surface area contributed by atoms with Crippen LogP contribution in [0.3, 0.4) is 0 Å². The third kappa shape index (κ3) is 7.14. The van der Waals surface area contributed by atoms with E-state index < -0.39 is 5.91 Å². The van der Waals surface area contributed by atoms with Gasteiger partial charge in [-0.3, -0.25) is 25.8 Å². The maximum absolute atomic E-state index is 12.3. The lowest BCUT2D eigenvalue weighted by Crippen LogP contribution is -2.49. The first-order valence-corrected chi connectivity index (χ1v) is 10.2. The Balaban J connectivity index is 1.78. The predicted molar refractivity (Wildman–Crippen MR) is 121 cm³/mol. The van der Waals surface area contributed by atoms with Gasteiger partial charge in [0.05, 0.1) is 4.47 Å². The number of hydrogen-bond donors (Lipinski definition) is 3. The van der Waals surface area contributed by atoms with Gasteiger partial charge in [0.1, 0.15) is 5.75 Å². The molecule has 0 aliphatic heterocycles. The smallest absolute Gasteiger partial charge is 0.276 e. The van der Waals surface area contributed by atoms with Crippen LogP contribution < -0.4 is 20.9 Å². The monoisotopic (exact) mass is 477 g/mol. The Hall–Kier alpha value is -2.45. The number of halogens is 1. The fourth-order valence-electron chi connectivity index (χ4n) is 2.36. The van der Waals surface area contributed by atoms with E-state index in [9.17, 15) is 9.59 Å². The molecule has 0 radical (unpaired) electrons. The van der Waals surface area contributed by atoms with Crippen molar-refractivity contribution in [3.8, 4) is 5.75 Å². The molecule has 0 aromatic heterocycles. The van der Waals surface area contributed by atoms with Crippen molar-refractivity contribution in [2.75, 3.05) is 6.61 Å². The van der Waals surface area contributed by atoms with Gasteiger partial charge in [-0.1, -0.05) is 39.0 Å². The number of rotatable bonds is 4. The van der Waals surface area contributed by atoms with Gasteiger partial charge in [0.15, 0.2) is 11.7 Å². The summed E-state index contributed by atoms with van der Waals surface area (Å²) < 4.78 is 6.21. The molecular weight excluding hydrogens is 454 g/mol. The second kappa shape index (κ2) is 9.84. The number of hydrazine groups is 1. The summed E-state index contributed by atoms with van der Waals surface area (Å²) in [5.74, 6) is -0.249. The summed E-state index contributed by atoms with van der Waals surface area (Å²) in [6.45, 7) is 8.06. The first-order valence-electron chi connectivity index (χ1n) is 8.96. The highest BCUT2D eigenvalue weighted by Gasteiger charge is 2.15. The van der Waals surface area contributed by atoms with Gasteiger partial charge in [-0.2, -0.15) is 0 Å². The van der Waals surface area contributed by atoms with E-state index in [0.717, 1.165) is 15.6 Å². The van der Waals surface area contributed by atoms with Crippen LogP contribution in [0.1, 0.15) is 42.3 Å². The van der Waals surface area contributed by atoms with E-state index in [4.69, 9.17) is 17.0 Å². The third-order valence-corrected chi connectivity index (χ3v) is 4.83. The Kier molecular flexibility index (Phi) is 7.75. The van der Waals surface area contributed by atoms with Crippen molar-refractivity contribution in [3.05, 3.63) is 63.6 Å². The molecule has 0 saturated heterocycles. The second-order valence-corrected chi connectivity index (χ2v) is 8.77. The average Bonchev–Trinajstić information content (AvgIpc) is 2.65. The highest BCUT2D eigenvalue weighted by molar-refractivity contribution is 9.10. The molecule has 0 aliphatic rings. The first-order chi connectivity index (χ1) is 13.6. The lowest BCUT2D eigenvalue weighted by molar-refractivity contribution is -0.123. The van der Waals surface area contributed by atoms with Crippen LogP contribution in [0.15, 0.2) is 46.9 Å². The van der Waals surface area contributed by atoms with E-state index in [2.05, 4.69) is 52.9 Å². The SMILES string of the molecule is Cc1ccc(OCC(=O)NNC(=S)NC(=O)c2ccc(C(C)(C)C)cc2)c(Br)c1. The van der Waals surface area contributed by atoms with Crippen LogP contribution in [-0.2, 0) is 10.2 Å². The topological polar surface area (TPSA) is 79.5 Å². The molecule has 0 bridgehead atoms. The van der Waals surface area contributed by atoms with Gasteiger partial charge >= 0.3 is 0 Å². The van der Waals surface area contributed by atoms with Crippen LogP contribution in [0.25, 0.3) is 0 Å². The maximum atomic E-state index is 12.3. The molecule has 2 amide bonds. The van der Waals surface area contributed by atoms with Crippen molar-refractivity contribution in [1.82, 2.24) is 16.2 Å². The molecule has 8 heteroatoms. The van der Waals surface area contributed by atoms with Gasteiger partial charge in [0, 0.05) is 5.56 Å². The van der Waals surface area contributed by atoms with Gasteiger partial charge in [-0.25, -0.2) is 0 Å². The second-order valence-electron chi connectivity index (χ2n) is 7.51. The minimum Gasteiger partial charge on any atom is -0.483 e. The van der Waals surface area contributed by atoms with Gasteiger partial charge in [-0.15, -0.1) is 0 Å². The highest BCUT2D eigenvalue weighted by atomic mass is 79.9. The molecule has 154 valence electrons. The average molecular weight is 478 g/mol. The Bertz CT molecular complexity index is 908. The number of nitrogens with one attached hydrogen (secondary N) is 3. The van der Waals surface area contributed by atoms with Crippen LogP contribution in [0.5, 0.6) is 5.75 Å². The summed E-state index contributed by atoms with van der Waals surface area (Å²) in [6.07, 6.45) is 0. The van der Waals surface area contributed by atoms with Gasteiger partial charge in [0.25, 0.3) is 11.8 Å². The fourth-order valence-corrected chi connectivity index (χ4v) is 3.11. The Labute approximate surface area is 184 Å². The van der Waals surface area contributed by atoms with Crippen molar-refractivity contribution in [3.63, 3.8) is 0 Å². The molecule has 0 saturated carbocycles. The summed E-state index contributed by atoms with van der Waals surface area (Å²) in [4.78, 5) is 24.2. The lowest BCUT2D eigenvalue weighted by Gasteiger charge is -2.19. The molecule has 6 nitrogen and oxygen atoms in total. The van der Waals surface area contributed by atoms with Crippen molar-refractivity contribution in [2.24, 2.45) is 0 Å². The van der Waals surface area contributed by atoms with Crippen molar-refractivity contribution < 1.29 is 14.3 Å². The number of aryl methyl sites for hydroxylation is 1. The summed E-state index contributed by atoms with van der Waals surface area (Å²) in [6, 6.07) is 12.9. The van der Waals surface area contributed by atoms with E-state index in [0.29, 0.717) is 11.3 Å². The minimum absolute atomic E-state index is 0.00633. The van der Waals surface area contributed by atoms with E-state index in [-0.39, 0.29) is 23.0 Å². The number of amides is 2. The fraction of sp³-hybridized carbons (Fsp3) is 0.286. The molecule has 0 aliphatic carbocycles. The number of hydrogen-bond acceptors (Lipinski definition) is 4. The molecule has 29 heavy (non-hydrogen) atoms. The molecule has 0 heterocycles. The summed E-state index contributed by atoms with van der Waals surface area (Å²) in [7, 11) is 0. The zero-order valence-corrected chi connectivity index (χ0v) is 19.2. The standard InChI is InChI=1S/C21H24BrN3O3S/c1-13-5-10-17(16(22)11-13)28-12-18(26)24-25-20(29)23-19(27)14-6-8-15(9-7-14)21(2,3)4/h5-11H,12H2,1-4H3,(H,24,26)(H2,23,25,27,29). The maximum Gasteiger partial charge on any atom is 0.276 e. The normalized spacial score (nSPS) is 10.8. The van der Waals surface area contributed by atoms with E-state index in [1.54, 1.807) is 18.2 Å².